The Morgan fingerprint density at radius 3 is 2.41 bits per heavy atom. The smallest absolute Gasteiger partial charge is 0.338 e. The maximum atomic E-state index is 14.8. The van der Waals surface area contributed by atoms with Crippen LogP contribution in [0.3, 0.4) is 0 Å². The van der Waals surface area contributed by atoms with Gasteiger partial charge in [-0.15, -0.1) is 0 Å². The van der Waals surface area contributed by atoms with Crippen molar-refractivity contribution >= 4 is 16.7 Å². The molecule has 0 amide bonds. The molecule has 5 heteroatoms. The molecule has 2 nitrogen and oxygen atoms in total. The molecule has 1 N–H and O–H groups in total. The first-order valence-electron chi connectivity index (χ1n) is 9.70. The van der Waals surface area contributed by atoms with Gasteiger partial charge in [-0.2, -0.15) is 0 Å². The summed E-state index contributed by atoms with van der Waals surface area (Å²) in [5.74, 6) is -3.13. The molecule has 27 heavy (non-hydrogen) atoms. The molecule has 0 aliphatic heterocycles. The van der Waals surface area contributed by atoms with Gasteiger partial charge >= 0.3 is 5.97 Å². The monoisotopic (exact) mass is 376 g/mol. The van der Waals surface area contributed by atoms with Crippen LogP contribution in [0.5, 0.6) is 0 Å². The van der Waals surface area contributed by atoms with Gasteiger partial charge in [0.15, 0.2) is 11.6 Å². The van der Waals surface area contributed by atoms with E-state index in [9.17, 15) is 18.0 Å². The highest BCUT2D eigenvalue weighted by atomic mass is 19.2. The SMILES string of the molecule is CC1CCC2CC(c3cc4ccc(C(=O)O)c(F)c4c(F)c3F)CCC2C1. The molecule has 2 aromatic carbocycles. The fourth-order valence-corrected chi connectivity index (χ4v) is 5.27. The van der Waals surface area contributed by atoms with Gasteiger partial charge in [-0.1, -0.05) is 19.4 Å². The van der Waals surface area contributed by atoms with Crippen LogP contribution in [-0.2, 0) is 0 Å². The van der Waals surface area contributed by atoms with E-state index >= 15 is 0 Å². The molecule has 4 unspecified atom stereocenters. The minimum atomic E-state index is -1.50. The van der Waals surface area contributed by atoms with Crippen molar-refractivity contribution in [2.75, 3.05) is 0 Å². The second-order valence-electron chi connectivity index (χ2n) is 8.37. The van der Waals surface area contributed by atoms with Gasteiger partial charge in [0.2, 0.25) is 0 Å². The van der Waals surface area contributed by atoms with E-state index in [0.29, 0.717) is 17.4 Å². The van der Waals surface area contributed by atoms with Crippen molar-refractivity contribution < 1.29 is 23.1 Å². The van der Waals surface area contributed by atoms with Crippen LogP contribution in [-0.4, -0.2) is 11.1 Å². The van der Waals surface area contributed by atoms with Gasteiger partial charge in [0.25, 0.3) is 0 Å². The fourth-order valence-electron chi connectivity index (χ4n) is 5.27. The Labute approximate surface area is 156 Å². The molecule has 2 aliphatic rings. The third-order valence-corrected chi connectivity index (χ3v) is 6.70. The molecule has 0 radical (unpaired) electrons. The highest BCUT2D eigenvalue weighted by Gasteiger charge is 2.36. The van der Waals surface area contributed by atoms with Crippen LogP contribution < -0.4 is 0 Å². The molecule has 4 rings (SSSR count). The standard InChI is InChI=1S/C22H23F3O2/c1-11-2-3-13-9-14(5-4-12(13)8-11)17-10-15-6-7-16(22(26)27)19(23)18(15)21(25)20(17)24/h6-7,10-14H,2-5,8-9H2,1H3,(H,26,27). The molecule has 0 spiro atoms. The van der Waals surface area contributed by atoms with Crippen LogP contribution in [0, 0.1) is 35.2 Å². The Kier molecular flexibility index (Phi) is 4.65. The van der Waals surface area contributed by atoms with Gasteiger partial charge in [-0.05, 0) is 78.9 Å². The van der Waals surface area contributed by atoms with Crippen LogP contribution >= 0.6 is 0 Å². The molecule has 4 atom stereocenters. The number of carbonyl (C=O) groups is 1. The van der Waals surface area contributed by atoms with Crippen LogP contribution in [0.1, 0.15) is 67.3 Å². The third-order valence-electron chi connectivity index (χ3n) is 6.70. The minimum absolute atomic E-state index is 0.0687. The van der Waals surface area contributed by atoms with Gasteiger partial charge in [0, 0.05) is 0 Å². The highest BCUT2D eigenvalue weighted by Crippen LogP contribution is 2.48. The Morgan fingerprint density at radius 1 is 0.963 bits per heavy atom. The van der Waals surface area contributed by atoms with E-state index in [2.05, 4.69) is 6.92 Å². The summed E-state index contributed by atoms with van der Waals surface area (Å²) in [5.41, 5.74) is -0.343. The topological polar surface area (TPSA) is 37.3 Å². The number of hydrogen-bond acceptors (Lipinski definition) is 1. The lowest BCUT2D eigenvalue weighted by Crippen LogP contribution is -2.30. The number of carboxylic acid groups (broad SMARTS) is 1. The maximum absolute atomic E-state index is 14.8. The number of aromatic carboxylic acids is 1. The predicted molar refractivity (Wildman–Crippen MR) is 97.4 cm³/mol. The van der Waals surface area contributed by atoms with Gasteiger partial charge in [0.05, 0.1) is 10.9 Å². The molecule has 0 heterocycles. The van der Waals surface area contributed by atoms with Crippen LogP contribution in [0.15, 0.2) is 18.2 Å². The summed E-state index contributed by atoms with van der Waals surface area (Å²) in [6.45, 7) is 2.28. The van der Waals surface area contributed by atoms with E-state index in [1.165, 1.54) is 25.0 Å². The van der Waals surface area contributed by atoms with Crippen molar-refractivity contribution in [3.05, 3.63) is 46.8 Å². The molecular formula is C22H23F3O2. The lowest BCUT2D eigenvalue weighted by molar-refractivity contribution is 0.0692. The van der Waals surface area contributed by atoms with E-state index in [0.717, 1.165) is 37.7 Å². The summed E-state index contributed by atoms with van der Waals surface area (Å²) in [6, 6.07) is 3.99. The molecule has 144 valence electrons. The predicted octanol–water partition coefficient (Wildman–Crippen LogP) is 6.28. The van der Waals surface area contributed by atoms with Crippen LogP contribution in [0.25, 0.3) is 10.8 Å². The summed E-state index contributed by atoms with van der Waals surface area (Å²) in [4.78, 5) is 11.1. The number of halogens is 3. The zero-order valence-corrected chi connectivity index (χ0v) is 15.3. The molecule has 2 fully saturated rings. The van der Waals surface area contributed by atoms with Crippen molar-refractivity contribution in [2.45, 2.75) is 51.4 Å². The van der Waals surface area contributed by atoms with Gasteiger partial charge in [-0.25, -0.2) is 18.0 Å². The molecule has 0 aromatic heterocycles. The lowest BCUT2D eigenvalue weighted by Gasteiger charge is -2.41. The lowest BCUT2D eigenvalue weighted by atomic mass is 9.64. The van der Waals surface area contributed by atoms with Crippen LogP contribution in [0.2, 0.25) is 0 Å². The number of hydrogen-bond donors (Lipinski definition) is 1. The van der Waals surface area contributed by atoms with Gasteiger partial charge in [-0.3, -0.25) is 0 Å². The van der Waals surface area contributed by atoms with E-state index in [-0.39, 0.29) is 11.3 Å². The first-order chi connectivity index (χ1) is 12.9. The van der Waals surface area contributed by atoms with E-state index in [1.807, 2.05) is 0 Å². The van der Waals surface area contributed by atoms with E-state index in [1.54, 1.807) is 0 Å². The highest BCUT2D eigenvalue weighted by molar-refractivity contribution is 5.95. The number of benzene rings is 2. The zero-order chi connectivity index (χ0) is 19.3. The Hall–Kier alpha value is -2.04. The zero-order valence-electron chi connectivity index (χ0n) is 15.3. The van der Waals surface area contributed by atoms with Crippen molar-refractivity contribution in [1.29, 1.82) is 0 Å². The molecule has 0 bridgehead atoms. The van der Waals surface area contributed by atoms with Crippen molar-refractivity contribution in [2.24, 2.45) is 17.8 Å². The summed E-state index contributed by atoms with van der Waals surface area (Å²) in [7, 11) is 0. The molecule has 2 aliphatic carbocycles. The average molecular weight is 376 g/mol. The quantitative estimate of drug-likeness (QED) is 0.670. The Balaban J connectivity index is 1.72. The van der Waals surface area contributed by atoms with Gasteiger partial charge < -0.3 is 5.11 Å². The summed E-state index contributed by atoms with van der Waals surface area (Å²) in [5, 5.41) is 8.66. The molecule has 2 saturated carbocycles. The number of fused-ring (bicyclic) bond motifs is 2. The Bertz CT molecular complexity index is 908. The van der Waals surface area contributed by atoms with Crippen molar-refractivity contribution in [1.82, 2.24) is 0 Å². The second-order valence-corrected chi connectivity index (χ2v) is 8.37. The van der Waals surface area contributed by atoms with Crippen LogP contribution in [0.4, 0.5) is 13.2 Å². The third kappa shape index (κ3) is 3.11. The largest absolute Gasteiger partial charge is 0.478 e. The molecule has 2 aromatic rings. The molecular weight excluding hydrogens is 353 g/mol. The van der Waals surface area contributed by atoms with Crippen molar-refractivity contribution in [3.8, 4) is 0 Å². The van der Waals surface area contributed by atoms with Crippen molar-refractivity contribution in [3.63, 3.8) is 0 Å². The van der Waals surface area contributed by atoms with Gasteiger partial charge in [0.1, 0.15) is 5.82 Å². The summed E-state index contributed by atoms with van der Waals surface area (Å²) in [6.07, 6.45) is 6.21. The summed E-state index contributed by atoms with van der Waals surface area (Å²) >= 11 is 0. The first kappa shape index (κ1) is 18.3. The number of rotatable bonds is 2. The average Bonchev–Trinajstić information content (AvgIpc) is 2.64. The molecule has 0 saturated heterocycles. The van der Waals surface area contributed by atoms with E-state index in [4.69, 9.17) is 5.11 Å². The Morgan fingerprint density at radius 2 is 1.67 bits per heavy atom. The van der Waals surface area contributed by atoms with E-state index < -0.39 is 34.4 Å². The first-order valence-corrected chi connectivity index (χ1v) is 9.70. The maximum Gasteiger partial charge on any atom is 0.338 e. The normalized spacial score (nSPS) is 28.1. The minimum Gasteiger partial charge on any atom is -0.478 e. The second kappa shape index (κ2) is 6.84. The fraction of sp³-hybridized carbons (Fsp3) is 0.500. The number of carboxylic acids is 1. The summed E-state index contributed by atoms with van der Waals surface area (Å²) < 4.78 is 43.9.